The molecule has 0 aliphatic heterocycles. The Labute approximate surface area is 152 Å². The molecule has 0 atom stereocenters. The number of methoxy groups -OCH3 is 2. The van der Waals surface area contributed by atoms with E-state index in [1.54, 1.807) is 24.3 Å². The Hall–Kier alpha value is -2.41. The summed E-state index contributed by atoms with van der Waals surface area (Å²) in [6.07, 6.45) is 2.86. The Bertz CT molecular complexity index is 791. The second-order valence-electron chi connectivity index (χ2n) is 4.84. The van der Waals surface area contributed by atoms with Crippen molar-refractivity contribution in [1.82, 2.24) is 0 Å². The molecule has 0 saturated carbocycles. The highest BCUT2D eigenvalue weighted by Crippen LogP contribution is 2.30. The van der Waals surface area contributed by atoms with E-state index in [0.29, 0.717) is 21.3 Å². The van der Waals surface area contributed by atoms with E-state index in [9.17, 15) is 13.6 Å². The van der Waals surface area contributed by atoms with Gasteiger partial charge in [0.1, 0.15) is 5.75 Å². The maximum atomic E-state index is 12.4. The molecule has 0 heterocycles. The highest BCUT2D eigenvalue weighted by Gasteiger charge is 2.11. The lowest BCUT2D eigenvalue weighted by atomic mass is 10.1. The van der Waals surface area contributed by atoms with E-state index in [0.717, 1.165) is 0 Å². The fraction of sp³-hybridized carbons (Fsp3) is 0.167. The third-order valence-corrected chi connectivity index (χ3v) is 3.89. The van der Waals surface area contributed by atoms with Gasteiger partial charge in [0, 0.05) is 5.56 Å². The van der Waals surface area contributed by atoms with Crippen molar-refractivity contribution in [2.45, 2.75) is 6.61 Å². The summed E-state index contributed by atoms with van der Waals surface area (Å²) in [5.41, 5.74) is 0.985. The van der Waals surface area contributed by atoms with Crippen LogP contribution in [0.3, 0.4) is 0 Å². The van der Waals surface area contributed by atoms with E-state index in [1.807, 2.05) is 0 Å². The van der Waals surface area contributed by atoms with Gasteiger partial charge in [-0.3, -0.25) is 4.79 Å². The molecule has 0 N–H and O–H groups in total. The molecule has 0 saturated heterocycles. The number of halogens is 3. The van der Waals surface area contributed by atoms with Gasteiger partial charge in [0.25, 0.3) is 0 Å². The van der Waals surface area contributed by atoms with Crippen LogP contribution in [0.15, 0.2) is 46.9 Å². The van der Waals surface area contributed by atoms with E-state index in [1.165, 1.54) is 38.5 Å². The Morgan fingerprint density at radius 1 is 1.04 bits per heavy atom. The Kier molecular flexibility index (Phi) is 6.52. The third-order valence-electron chi connectivity index (χ3n) is 3.27. The van der Waals surface area contributed by atoms with Gasteiger partial charge < -0.3 is 14.2 Å². The van der Waals surface area contributed by atoms with Crippen molar-refractivity contribution in [2.75, 3.05) is 14.2 Å². The molecule has 132 valence electrons. The first kappa shape index (κ1) is 18.9. The number of hydrogen-bond acceptors (Lipinski definition) is 4. The van der Waals surface area contributed by atoms with Crippen molar-refractivity contribution < 1.29 is 27.8 Å². The maximum Gasteiger partial charge on any atom is 0.387 e. The standard InChI is InChI=1S/C18H15BrF2O4/c1-23-15-8-5-12(10-13(15)19)14(22)6-3-11-4-7-16(24-2)17(9-11)25-18(20)21/h3-10,18H,1-2H3/b6-3+. The summed E-state index contributed by atoms with van der Waals surface area (Å²) in [6.45, 7) is -2.97. The molecule has 2 rings (SSSR count). The molecule has 0 aliphatic rings. The van der Waals surface area contributed by atoms with Crippen LogP contribution in [0.25, 0.3) is 6.08 Å². The quantitative estimate of drug-likeness (QED) is 0.475. The smallest absolute Gasteiger partial charge is 0.387 e. The number of allylic oxidation sites excluding steroid dienone is 1. The zero-order valence-electron chi connectivity index (χ0n) is 13.5. The first-order valence-corrected chi connectivity index (χ1v) is 7.92. The number of hydrogen-bond donors (Lipinski definition) is 0. The molecular formula is C18H15BrF2O4. The van der Waals surface area contributed by atoms with E-state index in [2.05, 4.69) is 20.7 Å². The van der Waals surface area contributed by atoms with Crippen molar-refractivity contribution in [3.05, 3.63) is 58.1 Å². The third kappa shape index (κ3) is 5.03. The fourth-order valence-electron chi connectivity index (χ4n) is 2.07. The van der Waals surface area contributed by atoms with Gasteiger partial charge in [-0.05, 0) is 57.9 Å². The Balaban J connectivity index is 2.20. The van der Waals surface area contributed by atoms with Crippen LogP contribution in [0.2, 0.25) is 0 Å². The maximum absolute atomic E-state index is 12.4. The molecule has 0 unspecified atom stereocenters. The highest BCUT2D eigenvalue weighted by atomic mass is 79.9. The van der Waals surface area contributed by atoms with Crippen LogP contribution in [0, 0.1) is 0 Å². The van der Waals surface area contributed by atoms with Crippen molar-refractivity contribution >= 4 is 27.8 Å². The summed E-state index contributed by atoms with van der Waals surface area (Å²) in [5, 5.41) is 0. The van der Waals surface area contributed by atoms with Crippen molar-refractivity contribution in [1.29, 1.82) is 0 Å². The predicted octanol–water partition coefficient (Wildman–Crippen LogP) is 4.96. The number of benzene rings is 2. The Morgan fingerprint density at radius 3 is 2.32 bits per heavy atom. The summed E-state index contributed by atoms with van der Waals surface area (Å²) in [6, 6.07) is 9.45. The average molecular weight is 413 g/mol. The van der Waals surface area contributed by atoms with Crippen molar-refractivity contribution in [2.24, 2.45) is 0 Å². The highest BCUT2D eigenvalue weighted by molar-refractivity contribution is 9.10. The van der Waals surface area contributed by atoms with Crippen LogP contribution in [-0.2, 0) is 0 Å². The average Bonchev–Trinajstić information content (AvgIpc) is 2.59. The van der Waals surface area contributed by atoms with Gasteiger partial charge in [-0.15, -0.1) is 0 Å². The van der Waals surface area contributed by atoms with Crippen LogP contribution in [0.5, 0.6) is 17.2 Å². The first-order valence-electron chi connectivity index (χ1n) is 7.13. The van der Waals surface area contributed by atoms with Crippen molar-refractivity contribution in [3.8, 4) is 17.2 Å². The largest absolute Gasteiger partial charge is 0.496 e. The predicted molar refractivity (Wildman–Crippen MR) is 93.7 cm³/mol. The molecule has 0 spiro atoms. The number of rotatable bonds is 7. The zero-order chi connectivity index (χ0) is 18.4. The van der Waals surface area contributed by atoms with Gasteiger partial charge in [0.05, 0.1) is 18.7 Å². The normalized spacial score (nSPS) is 11.0. The number of ketones is 1. The molecule has 0 radical (unpaired) electrons. The van der Waals surface area contributed by atoms with Crippen molar-refractivity contribution in [3.63, 3.8) is 0 Å². The van der Waals surface area contributed by atoms with Gasteiger partial charge in [-0.2, -0.15) is 8.78 Å². The van der Waals surface area contributed by atoms with E-state index < -0.39 is 6.61 Å². The van der Waals surface area contributed by atoms with Gasteiger partial charge in [-0.25, -0.2) is 0 Å². The Morgan fingerprint density at radius 2 is 1.72 bits per heavy atom. The summed E-state index contributed by atoms with van der Waals surface area (Å²) in [5.74, 6) is 0.460. The number of carbonyl (C=O) groups excluding carboxylic acids is 1. The number of ether oxygens (including phenoxy) is 3. The van der Waals surface area contributed by atoms with E-state index >= 15 is 0 Å². The van der Waals surface area contributed by atoms with Gasteiger partial charge in [0.15, 0.2) is 17.3 Å². The van der Waals surface area contributed by atoms with Crippen LogP contribution in [-0.4, -0.2) is 26.6 Å². The summed E-state index contributed by atoms with van der Waals surface area (Å²) in [4.78, 5) is 12.2. The molecule has 0 aliphatic carbocycles. The van der Waals surface area contributed by atoms with Crippen LogP contribution in [0.4, 0.5) is 8.78 Å². The topological polar surface area (TPSA) is 44.8 Å². The van der Waals surface area contributed by atoms with Crippen LogP contribution < -0.4 is 14.2 Å². The van der Waals surface area contributed by atoms with Crippen LogP contribution in [0.1, 0.15) is 15.9 Å². The molecule has 0 amide bonds. The molecule has 2 aromatic rings. The summed E-state index contributed by atoms with van der Waals surface area (Å²) < 4.78 is 40.0. The molecule has 0 aromatic heterocycles. The number of alkyl halides is 2. The second kappa shape index (κ2) is 8.62. The van der Waals surface area contributed by atoms with Gasteiger partial charge >= 0.3 is 6.61 Å². The molecule has 25 heavy (non-hydrogen) atoms. The molecule has 4 nitrogen and oxygen atoms in total. The summed E-state index contributed by atoms with van der Waals surface area (Å²) >= 11 is 3.32. The monoisotopic (exact) mass is 412 g/mol. The van der Waals surface area contributed by atoms with Gasteiger partial charge in [-0.1, -0.05) is 12.1 Å². The lowest BCUT2D eigenvalue weighted by molar-refractivity contribution is -0.0512. The number of carbonyl (C=O) groups is 1. The molecule has 7 heteroatoms. The first-order chi connectivity index (χ1) is 11.9. The SMILES string of the molecule is COc1ccc(C(=O)/C=C/c2ccc(OC)c(OC(F)F)c2)cc1Br. The lowest BCUT2D eigenvalue weighted by Gasteiger charge is -2.10. The molecular weight excluding hydrogens is 398 g/mol. The van der Waals surface area contributed by atoms with E-state index in [-0.39, 0.29) is 17.3 Å². The molecule has 0 bridgehead atoms. The minimum Gasteiger partial charge on any atom is -0.496 e. The lowest BCUT2D eigenvalue weighted by Crippen LogP contribution is -2.03. The van der Waals surface area contributed by atoms with E-state index in [4.69, 9.17) is 9.47 Å². The van der Waals surface area contributed by atoms with Gasteiger partial charge in [0.2, 0.25) is 0 Å². The zero-order valence-corrected chi connectivity index (χ0v) is 15.0. The minimum atomic E-state index is -2.97. The molecule has 0 fully saturated rings. The minimum absolute atomic E-state index is 0.0979. The molecule has 2 aromatic carbocycles. The summed E-state index contributed by atoms with van der Waals surface area (Å²) in [7, 11) is 2.89. The second-order valence-corrected chi connectivity index (χ2v) is 5.69. The fourth-order valence-corrected chi connectivity index (χ4v) is 2.61. The van der Waals surface area contributed by atoms with Crippen LogP contribution >= 0.6 is 15.9 Å².